The Morgan fingerprint density at radius 1 is 1.25 bits per heavy atom. The number of rotatable bonds is 5. The van der Waals surface area contributed by atoms with E-state index >= 15 is 0 Å². The van der Waals surface area contributed by atoms with Gasteiger partial charge in [0.15, 0.2) is 0 Å². The van der Waals surface area contributed by atoms with Crippen molar-refractivity contribution in [2.24, 2.45) is 11.8 Å². The molecule has 3 heteroatoms. The molecule has 0 saturated heterocycles. The molecular weight excluding hydrogens is 202 g/mol. The molecule has 2 N–H and O–H groups in total. The van der Waals surface area contributed by atoms with Crippen molar-refractivity contribution in [3.8, 4) is 0 Å². The number of aliphatic carboxylic acids is 1. The zero-order chi connectivity index (χ0) is 12.1. The van der Waals surface area contributed by atoms with Crippen LogP contribution in [0.5, 0.6) is 0 Å². The van der Waals surface area contributed by atoms with Crippen molar-refractivity contribution in [1.29, 1.82) is 0 Å². The van der Waals surface area contributed by atoms with Gasteiger partial charge in [0.2, 0.25) is 0 Å². The highest BCUT2D eigenvalue weighted by Gasteiger charge is 2.26. The second-order valence-electron chi connectivity index (χ2n) is 5.58. The Balaban J connectivity index is 2.24. The van der Waals surface area contributed by atoms with Crippen molar-refractivity contribution in [3.63, 3.8) is 0 Å². The molecule has 1 aliphatic carbocycles. The van der Waals surface area contributed by atoms with Gasteiger partial charge in [-0.3, -0.25) is 4.79 Å². The summed E-state index contributed by atoms with van der Waals surface area (Å²) >= 11 is 0. The highest BCUT2D eigenvalue weighted by atomic mass is 16.4. The van der Waals surface area contributed by atoms with E-state index < -0.39 is 5.97 Å². The minimum absolute atomic E-state index is 0.0987. The summed E-state index contributed by atoms with van der Waals surface area (Å²) in [5.74, 6) is 0.00462. The number of carboxylic acid groups (broad SMARTS) is 1. The topological polar surface area (TPSA) is 49.3 Å². The van der Waals surface area contributed by atoms with Crippen LogP contribution in [0.4, 0.5) is 0 Å². The number of carbonyl (C=O) groups is 1. The zero-order valence-electron chi connectivity index (χ0n) is 10.7. The third-order valence-electron chi connectivity index (χ3n) is 3.42. The average molecular weight is 227 g/mol. The number of carboxylic acids is 1. The zero-order valence-corrected chi connectivity index (χ0v) is 10.7. The van der Waals surface area contributed by atoms with Gasteiger partial charge >= 0.3 is 5.97 Å². The van der Waals surface area contributed by atoms with Crippen molar-refractivity contribution >= 4 is 5.97 Å². The van der Waals surface area contributed by atoms with Crippen LogP contribution in [0.15, 0.2) is 0 Å². The quantitative estimate of drug-likeness (QED) is 0.759. The van der Waals surface area contributed by atoms with Gasteiger partial charge in [-0.25, -0.2) is 0 Å². The van der Waals surface area contributed by atoms with Gasteiger partial charge in [-0.1, -0.05) is 13.8 Å². The van der Waals surface area contributed by atoms with Crippen molar-refractivity contribution in [2.45, 2.75) is 65.0 Å². The Bertz CT molecular complexity index is 220. The van der Waals surface area contributed by atoms with E-state index in [-0.39, 0.29) is 5.92 Å². The molecule has 0 aromatic rings. The second-order valence-corrected chi connectivity index (χ2v) is 5.58. The molecule has 0 aromatic carbocycles. The van der Waals surface area contributed by atoms with Gasteiger partial charge in [-0.15, -0.1) is 0 Å². The summed E-state index contributed by atoms with van der Waals surface area (Å²) in [6.45, 7) is 6.70. The molecular formula is C13H25NO2. The molecule has 1 atom stereocenters. The summed E-state index contributed by atoms with van der Waals surface area (Å²) in [4.78, 5) is 10.8. The second kappa shape index (κ2) is 6.24. The maximum atomic E-state index is 10.8. The summed E-state index contributed by atoms with van der Waals surface area (Å²) in [5.41, 5.74) is 0. The summed E-state index contributed by atoms with van der Waals surface area (Å²) in [7, 11) is 0. The molecule has 1 unspecified atom stereocenters. The minimum atomic E-state index is -0.617. The predicted octanol–water partition coefficient (Wildman–Crippen LogP) is 2.65. The van der Waals surface area contributed by atoms with Crippen LogP contribution in [-0.2, 0) is 4.79 Å². The maximum absolute atomic E-state index is 10.8. The van der Waals surface area contributed by atoms with E-state index in [0.717, 1.165) is 31.6 Å². The number of hydrogen-bond donors (Lipinski definition) is 2. The minimum Gasteiger partial charge on any atom is -0.481 e. The molecule has 0 amide bonds. The average Bonchev–Trinajstić information content (AvgIpc) is 2.16. The van der Waals surface area contributed by atoms with Crippen molar-refractivity contribution < 1.29 is 9.90 Å². The van der Waals surface area contributed by atoms with E-state index in [1.807, 2.05) is 0 Å². The van der Waals surface area contributed by atoms with Gasteiger partial charge in [-0.2, -0.15) is 0 Å². The Morgan fingerprint density at radius 2 is 1.81 bits per heavy atom. The van der Waals surface area contributed by atoms with Gasteiger partial charge in [0.1, 0.15) is 0 Å². The van der Waals surface area contributed by atoms with E-state index in [2.05, 4.69) is 26.1 Å². The summed E-state index contributed by atoms with van der Waals surface area (Å²) < 4.78 is 0. The number of hydrogen-bond acceptors (Lipinski definition) is 2. The first-order chi connectivity index (χ1) is 7.49. The lowest BCUT2D eigenvalue weighted by atomic mass is 9.85. The Kier molecular flexibility index (Phi) is 5.26. The normalized spacial score (nSPS) is 28.0. The van der Waals surface area contributed by atoms with Crippen LogP contribution in [0.25, 0.3) is 0 Å². The van der Waals surface area contributed by atoms with E-state index in [0.29, 0.717) is 12.1 Å². The lowest BCUT2D eigenvalue weighted by Gasteiger charge is -2.30. The molecule has 0 heterocycles. The summed E-state index contributed by atoms with van der Waals surface area (Å²) in [5, 5.41) is 12.5. The van der Waals surface area contributed by atoms with Gasteiger partial charge in [0.05, 0.1) is 5.92 Å². The lowest BCUT2D eigenvalue weighted by molar-refractivity contribution is -0.142. The largest absolute Gasteiger partial charge is 0.481 e. The molecule has 16 heavy (non-hydrogen) atoms. The fourth-order valence-electron chi connectivity index (χ4n) is 2.68. The first-order valence-corrected chi connectivity index (χ1v) is 6.48. The molecule has 0 bridgehead atoms. The third kappa shape index (κ3) is 4.52. The lowest BCUT2D eigenvalue weighted by Crippen LogP contribution is -2.40. The molecule has 1 fully saturated rings. The molecule has 1 aliphatic rings. The van der Waals surface area contributed by atoms with Crippen LogP contribution in [0.2, 0.25) is 0 Å². The monoisotopic (exact) mass is 227 g/mol. The first kappa shape index (κ1) is 13.5. The summed E-state index contributed by atoms with van der Waals surface area (Å²) in [6.07, 6.45) is 4.89. The maximum Gasteiger partial charge on any atom is 0.306 e. The molecule has 3 nitrogen and oxygen atoms in total. The van der Waals surface area contributed by atoms with Crippen LogP contribution in [-0.4, -0.2) is 23.2 Å². The van der Waals surface area contributed by atoms with Crippen LogP contribution in [0.1, 0.15) is 52.9 Å². The van der Waals surface area contributed by atoms with Crippen LogP contribution >= 0.6 is 0 Å². The molecule has 0 aliphatic heterocycles. The van der Waals surface area contributed by atoms with E-state index in [1.54, 1.807) is 0 Å². The van der Waals surface area contributed by atoms with E-state index in [1.165, 1.54) is 6.42 Å². The Morgan fingerprint density at radius 3 is 2.25 bits per heavy atom. The smallest absolute Gasteiger partial charge is 0.306 e. The van der Waals surface area contributed by atoms with Gasteiger partial charge in [0, 0.05) is 12.1 Å². The van der Waals surface area contributed by atoms with Gasteiger partial charge in [0.25, 0.3) is 0 Å². The standard InChI is InChI=1S/C13H25NO2/c1-9(2)8-10(3)14-12-6-4-11(5-7-12)13(15)16/h9-12,14H,4-8H2,1-3H3,(H,15,16). The predicted molar refractivity (Wildman–Crippen MR) is 65.4 cm³/mol. The van der Waals surface area contributed by atoms with Crippen LogP contribution < -0.4 is 5.32 Å². The molecule has 94 valence electrons. The fraction of sp³-hybridized carbons (Fsp3) is 0.923. The SMILES string of the molecule is CC(C)CC(C)NC1CCC(C(=O)O)CC1. The molecule has 1 rings (SSSR count). The fourth-order valence-corrected chi connectivity index (χ4v) is 2.68. The highest BCUT2D eigenvalue weighted by molar-refractivity contribution is 5.70. The van der Waals surface area contributed by atoms with E-state index in [9.17, 15) is 4.79 Å². The molecule has 0 radical (unpaired) electrons. The van der Waals surface area contributed by atoms with Crippen molar-refractivity contribution in [2.75, 3.05) is 0 Å². The molecule has 0 aromatic heterocycles. The number of nitrogens with one attached hydrogen (secondary N) is 1. The Hall–Kier alpha value is -0.570. The molecule has 1 saturated carbocycles. The van der Waals surface area contributed by atoms with Gasteiger partial charge in [-0.05, 0) is 44.9 Å². The van der Waals surface area contributed by atoms with Crippen molar-refractivity contribution in [3.05, 3.63) is 0 Å². The first-order valence-electron chi connectivity index (χ1n) is 6.48. The van der Waals surface area contributed by atoms with E-state index in [4.69, 9.17) is 5.11 Å². The highest BCUT2D eigenvalue weighted by Crippen LogP contribution is 2.25. The molecule has 0 spiro atoms. The van der Waals surface area contributed by atoms with Gasteiger partial charge < -0.3 is 10.4 Å². The van der Waals surface area contributed by atoms with Crippen LogP contribution in [0.3, 0.4) is 0 Å². The Labute approximate surface area is 98.6 Å². The summed E-state index contributed by atoms with van der Waals surface area (Å²) in [6, 6.07) is 1.08. The van der Waals surface area contributed by atoms with Crippen molar-refractivity contribution in [1.82, 2.24) is 5.32 Å². The van der Waals surface area contributed by atoms with Crippen LogP contribution in [0, 0.1) is 11.8 Å². The third-order valence-corrected chi connectivity index (χ3v) is 3.42.